The Bertz CT molecular complexity index is 937. The van der Waals surface area contributed by atoms with Crippen molar-refractivity contribution in [3.63, 3.8) is 0 Å². The summed E-state index contributed by atoms with van der Waals surface area (Å²) in [6, 6.07) is 11.7. The number of fused-ring (bicyclic) bond motifs is 1. The maximum absolute atomic E-state index is 12.9. The van der Waals surface area contributed by atoms with Crippen molar-refractivity contribution in [2.75, 3.05) is 25.7 Å². The first-order valence-corrected chi connectivity index (χ1v) is 8.10. The highest BCUT2D eigenvalue weighted by atomic mass is 19.4. The molecule has 28 heavy (non-hydrogen) atoms. The number of aromatic nitrogens is 3. The van der Waals surface area contributed by atoms with Crippen molar-refractivity contribution < 1.29 is 27.5 Å². The van der Waals surface area contributed by atoms with Gasteiger partial charge < -0.3 is 14.6 Å². The molecule has 0 amide bonds. The number of carbonyl (C=O) groups is 1. The number of carboxylic acid groups (broad SMARTS) is 1. The van der Waals surface area contributed by atoms with Gasteiger partial charge in [-0.3, -0.25) is 0 Å². The lowest BCUT2D eigenvalue weighted by atomic mass is 10.2. The topological polar surface area (TPSA) is 71.2 Å². The van der Waals surface area contributed by atoms with Crippen LogP contribution in [0.4, 0.5) is 23.4 Å². The third-order valence-corrected chi connectivity index (χ3v) is 3.67. The average molecular weight is 398 g/mol. The van der Waals surface area contributed by atoms with E-state index in [0.29, 0.717) is 6.54 Å². The van der Waals surface area contributed by atoms with E-state index in [1.54, 1.807) is 6.20 Å². The second kappa shape index (κ2) is 8.68. The largest absolute Gasteiger partial charge is 0.490 e. The zero-order valence-electron chi connectivity index (χ0n) is 15.1. The lowest BCUT2D eigenvalue weighted by Crippen LogP contribution is -2.21. The summed E-state index contributed by atoms with van der Waals surface area (Å²) >= 11 is 0. The van der Waals surface area contributed by atoms with E-state index in [2.05, 4.69) is 9.97 Å². The van der Waals surface area contributed by atoms with Gasteiger partial charge in [0.15, 0.2) is 0 Å². The maximum Gasteiger partial charge on any atom is 0.490 e. The first-order valence-electron chi connectivity index (χ1n) is 8.10. The van der Waals surface area contributed by atoms with E-state index in [-0.39, 0.29) is 0 Å². The van der Waals surface area contributed by atoms with Crippen molar-refractivity contribution >= 4 is 22.8 Å². The summed E-state index contributed by atoms with van der Waals surface area (Å²) in [4.78, 5) is 19.9. The predicted octanol–water partition coefficient (Wildman–Crippen LogP) is 3.77. The van der Waals surface area contributed by atoms with Gasteiger partial charge in [-0.1, -0.05) is 12.1 Å². The number of aliphatic carboxylic acids is 1. The van der Waals surface area contributed by atoms with E-state index in [4.69, 9.17) is 9.90 Å². The molecule has 0 aliphatic heterocycles. The standard InChI is InChI=1S/C16H17FN4.C2HF3O2/c1-20(2)15-8-7-12(11-18-15)16-19-13-5-3-4-6-14(13)21(16)10-9-17;3-2(4,5)1(6)7/h3-8,11H,9-10H2,1-2H3;(H,6,7). The van der Waals surface area contributed by atoms with Crippen LogP contribution in [0.5, 0.6) is 0 Å². The summed E-state index contributed by atoms with van der Waals surface area (Å²) in [7, 11) is 3.89. The van der Waals surface area contributed by atoms with Gasteiger partial charge in [-0.25, -0.2) is 19.2 Å². The quantitative estimate of drug-likeness (QED) is 0.678. The number of alkyl halides is 4. The van der Waals surface area contributed by atoms with Crippen LogP contribution in [-0.4, -0.2) is 52.6 Å². The molecule has 0 unspecified atom stereocenters. The smallest absolute Gasteiger partial charge is 0.475 e. The molecule has 150 valence electrons. The van der Waals surface area contributed by atoms with E-state index in [9.17, 15) is 17.6 Å². The Hall–Kier alpha value is -3.17. The number of anilines is 1. The molecule has 0 saturated carbocycles. The Morgan fingerprint density at radius 2 is 1.82 bits per heavy atom. The normalized spacial score (nSPS) is 11.1. The van der Waals surface area contributed by atoms with Crippen LogP contribution < -0.4 is 4.90 Å². The van der Waals surface area contributed by atoms with E-state index >= 15 is 0 Å². The van der Waals surface area contributed by atoms with Crippen LogP contribution in [0.1, 0.15) is 0 Å². The highest BCUT2D eigenvalue weighted by molar-refractivity contribution is 5.80. The molecule has 0 spiro atoms. The van der Waals surface area contributed by atoms with Gasteiger partial charge >= 0.3 is 12.1 Å². The second-order valence-electron chi connectivity index (χ2n) is 5.87. The number of carboxylic acids is 1. The molecular weight excluding hydrogens is 380 g/mol. The van der Waals surface area contributed by atoms with Gasteiger partial charge in [-0.05, 0) is 24.3 Å². The Morgan fingerprint density at radius 1 is 1.18 bits per heavy atom. The first-order chi connectivity index (χ1) is 13.1. The summed E-state index contributed by atoms with van der Waals surface area (Å²) in [6.45, 7) is -0.123. The minimum atomic E-state index is -5.08. The number of halogens is 4. The highest BCUT2D eigenvalue weighted by Crippen LogP contribution is 2.25. The van der Waals surface area contributed by atoms with Crippen LogP contribution in [0.3, 0.4) is 0 Å². The monoisotopic (exact) mass is 398 g/mol. The molecule has 2 aromatic heterocycles. The molecule has 0 aliphatic rings. The van der Waals surface area contributed by atoms with E-state index < -0.39 is 18.8 Å². The SMILES string of the molecule is CN(C)c1ccc(-c2nc3ccccc3n2CCF)cn1.O=C(O)C(F)(F)F. The molecule has 0 aliphatic carbocycles. The second-order valence-corrected chi connectivity index (χ2v) is 5.87. The Balaban J connectivity index is 0.000000345. The minimum absolute atomic E-state index is 0.297. The van der Waals surface area contributed by atoms with Gasteiger partial charge in [0.25, 0.3) is 0 Å². The van der Waals surface area contributed by atoms with E-state index in [1.807, 2.05) is 60.0 Å². The predicted molar refractivity (Wildman–Crippen MR) is 97.0 cm³/mol. The molecule has 3 aromatic rings. The van der Waals surface area contributed by atoms with Gasteiger partial charge in [0, 0.05) is 25.9 Å². The summed E-state index contributed by atoms with van der Waals surface area (Å²) < 4.78 is 46.5. The summed E-state index contributed by atoms with van der Waals surface area (Å²) in [5.74, 6) is -1.12. The Kier molecular flexibility index (Phi) is 6.55. The first kappa shape index (κ1) is 21.1. The van der Waals surface area contributed by atoms with Gasteiger partial charge in [0.2, 0.25) is 0 Å². The summed E-state index contributed by atoms with van der Waals surface area (Å²) in [5.41, 5.74) is 2.71. The minimum Gasteiger partial charge on any atom is -0.475 e. The maximum atomic E-state index is 12.9. The van der Waals surface area contributed by atoms with Crippen LogP contribution in [0.25, 0.3) is 22.4 Å². The zero-order chi connectivity index (χ0) is 20.9. The molecule has 2 heterocycles. The van der Waals surface area contributed by atoms with Crippen LogP contribution in [0.2, 0.25) is 0 Å². The fourth-order valence-electron chi connectivity index (χ4n) is 2.39. The van der Waals surface area contributed by atoms with Crippen LogP contribution >= 0.6 is 0 Å². The molecule has 0 radical (unpaired) electrons. The number of hydrogen-bond donors (Lipinski definition) is 1. The van der Waals surface area contributed by atoms with Crippen molar-refractivity contribution in [2.45, 2.75) is 12.7 Å². The number of nitrogens with zero attached hydrogens (tertiary/aromatic N) is 4. The average Bonchev–Trinajstić information content (AvgIpc) is 3.01. The molecule has 0 saturated heterocycles. The number of rotatable bonds is 4. The molecule has 0 bridgehead atoms. The molecule has 10 heteroatoms. The van der Waals surface area contributed by atoms with Gasteiger partial charge in [0.05, 0.1) is 17.6 Å². The van der Waals surface area contributed by atoms with Gasteiger partial charge in [0.1, 0.15) is 18.3 Å². The lowest BCUT2D eigenvalue weighted by Gasteiger charge is -2.11. The molecule has 0 atom stereocenters. The third kappa shape index (κ3) is 4.96. The fourth-order valence-corrected chi connectivity index (χ4v) is 2.39. The summed E-state index contributed by atoms with van der Waals surface area (Å²) in [5, 5.41) is 7.12. The van der Waals surface area contributed by atoms with Crippen molar-refractivity contribution in [3.05, 3.63) is 42.6 Å². The summed E-state index contributed by atoms with van der Waals surface area (Å²) in [6.07, 6.45) is -3.30. The number of benzene rings is 1. The number of imidazole rings is 1. The van der Waals surface area contributed by atoms with Crippen molar-refractivity contribution in [1.82, 2.24) is 14.5 Å². The van der Waals surface area contributed by atoms with Crippen molar-refractivity contribution in [1.29, 1.82) is 0 Å². The van der Waals surface area contributed by atoms with Crippen LogP contribution in [0.15, 0.2) is 42.6 Å². The number of hydrogen-bond acceptors (Lipinski definition) is 4. The Labute approximate surface area is 158 Å². The molecule has 6 nitrogen and oxygen atoms in total. The third-order valence-electron chi connectivity index (χ3n) is 3.67. The molecule has 1 N–H and O–H groups in total. The molecule has 1 aromatic carbocycles. The number of pyridine rings is 1. The van der Waals surface area contributed by atoms with Crippen molar-refractivity contribution in [3.8, 4) is 11.4 Å². The van der Waals surface area contributed by atoms with Gasteiger partial charge in [-0.2, -0.15) is 13.2 Å². The zero-order valence-corrected chi connectivity index (χ0v) is 15.1. The fraction of sp³-hybridized carbons (Fsp3) is 0.278. The Morgan fingerprint density at radius 3 is 2.32 bits per heavy atom. The van der Waals surface area contributed by atoms with Crippen molar-refractivity contribution in [2.24, 2.45) is 0 Å². The van der Waals surface area contributed by atoms with Gasteiger partial charge in [-0.15, -0.1) is 0 Å². The number of aryl methyl sites for hydroxylation is 1. The molecular formula is C18H18F4N4O2. The lowest BCUT2D eigenvalue weighted by molar-refractivity contribution is -0.192. The van der Waals surface area contributed by atoms with Crippen LogP contribution in [0, 0.1) is 0 Å². The van der Waals surface area contributed by atoms with E-state index in [1.165, 1.54) is 0 Å². The molecule has 3 rings (SSSR count). The van der Waals surface area contributed by atoms with Crippen LogP contribution in [-0.2, 0) is 11.3 Å². The molecule has 0 fully saturated rings. The van der Waals surface area contributed by atoms with E-state index in [0.717, 1.165) is 28.2 Å². The number of para-hydroxylation sites is 2. The highest BCUT2D eigenvalue weighted by Gasteiger charge is 2.38.